The number of para-hydroxylation sites is 2. The van der Waals surface area contributed by atoms with Gasteiger partial charge in [-0.1, -0.05) is 35.5 Å². The zero-order chi connectivity index (χ0) is 21.9. The van der Waals surface area contributed by atoms with Crippen molar-refractivity contribution in [1.82, 2.24) is 15.1 Å². The molecule has 0 spiro atoms. The minimum atomic E-state index is -0.364. The molecule has 0 atom stereocenters. The molecule has 2 aromatic carbocycles. The van der Waals surface area contributed by atoms with Gasteiger partial charge < -0.3 is 19.0 Å². The maximum absolute atomic E-state index is 12.9. The molecule has 0 bridgehead atoms. The van der Waals surface area contributed by atoms with E-state index in [4.69, 9.17) is 13.7 Å². The van der Waals surface area contributed by atoms with Gasteiger partial charge in [0.05, 0.1) is 13.5 Å². The van der Waals surface area contributed by atoms with Crippen LogP contribution < -0.4 is 10.1 Å². The molecule has 1 amide bonds. The summed E-state index contributed by atoms with van der Waals surface area (Å²) in [7, 11) is 1.56. The molecule has 5 aromatic rings. The molecule has 8 heteroatoms. The average Bonchev–Trinajstić information content (AvgIpc) is 3.48. The number of carbonyl (C=O) groups is 1. The Morgan fingerprint density at radius 1 is 1.09 bits per heavy atom. The lowest BCUT2D eigenvalue weighted by molar-refractivity contribution is 0.0998. The van der Waals surface area contributed by atoms with Gasteiger partial charge in [0, 0.05) is 29.0 Å². The number of aromatic nitrogens is 3. The number of carbonyl (C=O) groups excluding carboxylic acids is 1. The fraction of sp³-hybridized carbons (Fsp3) is 0.0833. The first-order valence-corrected chi connectivity index (χ1v) is 9.90. The standard InChI is InChI=1S/C24H18N4O4/c1-30-19-10-4-7-16-12-20(31-22(16)19)24(29)26-18-9-3-2-6-15(18)13-21-27-23(28-32-21)17-8-5-11-25-14-17/h2-12,14H,13H2,1H3,(H,26,29). The molecule has 3 heterocycles. The van der Waals surface area contributed by atoms with E-state index in [2.05, 4.69) is 20.4 Å². The molecule has 0 aliphatic carbocycles. The number of pyridine rings is 1. The summed E-state index contributed by atoms with van der Waals surface area (Å²) < 4.78 is 16.5. The molecule has 158 valence electrons. The van der Waals surface area contributed by atoms with E-state index in [0.29, 0.717) is 35.2 Å². The van der Waals surface area contributed by atoms with Crippen LogP contribution in [0.1, 0.15) is 22.0 Å². The Morgan fingerprint density at radius 2 is 2.00 bits per heavy atom. The van der Waals surface area contributed by atoms with Crippen LogP contribution in [0.3, 0.4) is 0 Å². The zero-order valence-corrected chi connectivity index (χ0v) is 17.1. The third-order valence-corrected chi connectivity index (χ3v) is 4.95. The molecular formula is C24H18N4O4. The van der Waals surface area contributed by atoms with Gasteiger partial charge in [0.15, 0.2) is 17.1 Å². The van der Waals surface area contributed by atoms with Gasteiger partial charge in [-0.3, -0.25) is 9.78 Å². The number of hydrogen-bond donors (Lipinski definition) is 1. The summed E-state index contributed by atoms with van der Waals surface area (Å²) in [5, 5.41) is 7.72. The number of nitrogens with one attached hydrogen (secondary N) is 1. The summed E-state index contributed by atoms with van der Waals surface area (Å²) in [4.78, 5) is 21.4. The summed E-state index contributed by atoms with van der Waals surface area (Å²) in [6.07, 6.45) is 3.71. The Bertz CT molecular complexity index is 1390. The van der Waals surface area contributed by atoms with Crippen molar-refractivity contribution in [3.8, 4) is 17.1 Å². The van der Waals surface area contributed by atoms with Crippen molar-refractivity contribution in [2.75, 3.05) is 12.4 Å². The highest BCUT2D eigenvalue weighted by atomic mass is 16.5. The highest BCUT2D eigenvalue weighted by molar-refractivity contribution is 6.05. The molecule has 0 unspecified atom stereocenters. The van der Waals surface area contributed by atoms with E-state index in [0.717, 1.165) is 16.5 Å². The van der Waals surface area contributed by atoms with Crippen LogP contribution in [0.5, 0.6) is 5.75 Å². The van der Waals surface area contributed by atoms with Crippen LogP contribution in [0.25, 0.3) is 22.4 Å². The van der Waals surface area contributed by atoms with Crippen molar-refractivity contribution in [3.63, 3.8) is 0 Å². The van der Waals surface area contributed by atoms with E-state index >= 15 is 0 Å². The fourth-order valence-corrected chi connectivity index (χ4v) is 3.39. The van der Waals surface area contributed by atoms with Gasteiger partial charge in [0.2, 0.25) is 11.7 Å². The molecule has 0 aliphatic rings. The van der Waals surface area contributed by atoms with Crippen molar-refractivity contribution >= 4 is 22.6 Å². The van der Waals surface area contributed by atoms with E-state index in [-0.39, 0.29) is 11.7 Å². The molecule has 0 saturated carbocycles. The first-order valence-electron chi connectivity index (χ1n) is 9.90. The smallest absolute Gasteiger partial charge is 0.291 e. The van der Waals surface area contributed by atoms with Crippen LogP contribution in [-0.2, 0) is 6.42 Å². The van der Waals surface area contributed by atoms with Crippen LogP contribution in [0.2, 0.25) is 0 Å². The third-order valence-electron chi connectivity index (χ3n) is 4.95. The second kappa shape index (κ2) is 8.35. The van der Waals surface area contributed by atoms with E-state index in [1.54, 1.807) is 31.6 Å². The highest BCUT2D eigenvalue weighted by Gasteiger charge is 2.17. The number of fused-ring (bicyclic) bond motifs is 1. The number of methoxy groups -OCH3 is 1. The maximum atomic E-state index is 12.9. The predicted octanol–water partition coefficient (Wildman–Crippen LogP) is 4.73. The second-order valence-electron chi connectivity index (χ2n) is 7.03. The van der Waals surface area contributed by atoms with E-state index < -0.39 is 0 Å². The molecule has 3 aromatic heterocycles. The van der Waals surface area contributed by atoms with Crippen molar-refractivity contribution in [2.45, 2.75) is 6.42 Å². The third kappa shape index (κ3) is 3.81. The van der Waals surface area contributed by atoms with Gasteiger partial charge in [-0.2, -0.15) is 4.98 Å². The number of hydrogen-bond acceptors (Lipinski definition) is 7. The molecule has 0 saturated heterocycles. The lowest BCUT2D eigenvalue weighted by Crippen LogP contribution is -2.12. The molecule has 0 fully saturated rings. The summed E-state index contributed by atoms with van der Waals surface area (Å²) in [5.74, 6) is 1.29. The SMILES string of the molecule is COc1cccc2cc(C(=O)Nc3ccccc3Cc3nc(-c4cccnc4)no3)oc12. The van der Waals surface area contributed by atoms with Gasteiger partial charge >= 0.3 is 0 Å². The summed E-state index contributed by atoms with van der Waals surface area (Å²) >= 11 is 0. The number of amides is 1. The van der Waals surface area contributed by atoms with Crippen molar-refractivity contribution < 1.29 is 18.5 Å². The van der Waals surface area contributed by atoms with Crippen molar-refractivity contribution in [2.24, 2.45) is 0 Å². The number of ether oxygens (including phenoxy) is 1. The largest absolute Gasteiger partial charge is 0.493 e. The van der Waals surface area contributed by atoms with E-state index in [9.17, 15) is 4.79 Å². The number of anilines is 1. The van der Waals surface area contributed by atoms with Crippen molar-refractivity contribution in [3.05, 3.63) is 90.3 Å². The van der Waals surface area contributed by atoms with Crippen molar-refractivity contribution in [1.29, 1.82) is 0 Å². The van der Waals surface area contributed by atoms with Gasteiger partial charge in [-0.05, 0) is 35.9 Å². The number of furan rings is 1. The predicted molar refractivity (Wildman–Crippen MR) is 117 cm³/mol. The quantitative estimate of drug-likeness (QED) is 0.419. The summed E-state index contributed by atoms with van der Waals surface area (Å²) in [5.41, 5.74) is 2.76. The lowest BCUT2D eigenvalue weighted by Gasteiger charge is -2.08. The molecule has 8 nitrogen and oxygen atoms in total. The molecule has 5 rings (SSSR count). The first-order chi connectivity index (χ1) is 15.7. The molecule has 0 radical (unpaired) electrons. The molecule has 0 aliphatic heterocycles. The maximum Gasteiger partial charge on any atom is 0.291 e. The Hall–Kier alpha value is -4.46. The van der Waals surface area contributed by atoms with Crippen LogP contribution in [0.15, 0.2) is 82.0 Å². The van der Waals surface area contributed by atoms with Crippen LogP contribution in [-0.4, -0.2) is 28.1 Å². The fourth-order valence-electron chi connectivity index (χ4n) is 3.39. The van der Waals surface area contributed by atoms with Gasteiger partial charge in [0.25, 0.3) is 5.91 Å². The second-order valence-corrected chi connectivity index (χ2v) is 7.03. The Morgan fingerprint density at radius 3 is 2.84 bits per heavy atom. The van der Waals surface area contributed by atoms with Crippen LogP contribution in [0, 0.1) is 0 Å². The minimum absolute atomic E-state index is 0.191. The minimum Gasteiger partial charge on any atom is -0.493 e. The Labute approximate surface area is 182 Å². The Kier molecular flexibility index (Phi) is 5.09. The molecule has 32 heavy (non-hydrogen) atoms. The van der Waals surface area contributed by atoms with Crippen LogP contribution in [0.4, 0.5) is 5.69 Å². The van der Waals surface area contributed by atoms with Gasteiger partial charge in [-0.15, -0.1) is 0 Å². The van der Waals surface area contributed by atoms with Crippen LogP contribution >= 0.6 is 0 Å². The average molecular weight is 426 g/mol. The lowest BCUT2D eigenvalue weighted by atomic mass is 10.1. The molecule has 1 N–H and O–H groups in total. The van der Waals surface area contributed by atoms with E-state index in [1.165, 1.54) is 0 Å². The zero-order valence-electron chi connectivity index (χ0n) is 17.1. The molecular weight excluding hydrogens is 408 g/mol. The monoisotopic (exact) mass is 426 g/mol. The highest BCUT2D eigenvalue weighted by Crippen LogP contribution is 2.29. The van der Waals surface area contributed by atoms with E-state index in [1.807, 2.05) is 48.5 Å². The van der Waals surface area contributed by atoms with Gasteiger partial charge in [-0.25, -0.2) is 0 Å². The summed E-state index contributed by atoms with van der Waals surface area (Å²) in [6, 6.07) is 18.3. The van der Waals surface area contributed by atoms with Gasteiger partial charge in [0.1, 0.15) is 0 Å². The number of benzene rings is 2. The normalized spacial score (nSPS) is 10.9. The Balaban J connectivity index is 1.37. The topological polar surface area (TPSA) is 103 Å². The summed E-state index contributed by atoms with van der Waals surface area (Å²) in [6.45, 7) is 0. The first kappa shape index (κ1) is 19.5. The number of rotatable bonds is 6. The number of nitrogens with zero attached hydrogens (tertiary/aromatic N) is 3.